The summed E-state index contributed by atoms with van der Waals surface area (Å²) in [6, 6.07) is 22.6. The molecule has 0 spiro atoms. The molecule has 0 atom stereocenters. The Morgan fingerprint density at radius 1 is 0.767 bits per heavy atom. The number of ether oxygens (including phenoxy) is 1. The minimum absolute atomic E-state index is 0.107. The summed E-state index contributed by atoms with van der Waals surface area (Å²) in [5.41, 5.74) is 4.21. The molecule has 2 aromatic carbocycles. The molecule has 2 heterocycles. The Morgan fingerprint density at radius 2 is 1.47 bits per heavy atom. The van der Waals surface area contributed by atoms with Crippen molar-refractivity contribution >= 4 is 17.1 Å². The van der Waals surface area contributed by atoms with Crippen LogP contribution in [0, 0.1) is 0 Å². The summed E-state index contributed by atoms with van der Waals surface area (Å²) >= 11 is 0. The average Bonchev–Trinajstić information content (AvgIpc) is 3.45. The van der Waals surface area contributed by atoms with Crippen molar-refractivity contribution in [3.05, 3.63) is 96.1 Å². The lowest BCUT2D eigenvalue weighted by molar-refractivity contribution is -0.118. The predicted octanol–water partition coefficient (Wildman–Crippen LogP) is 9.95. The van der Waals surface area contributed by atoms with E-state index in [1.165, 1.54) is 70.6 Å². The Hall–Kier alpha value is -3.60. The van der Waals surface area contributed by atoms with Crippen molar-refractivity contribution in [1.29, 1.82) is 0 Å². The standard InChI is InChI=1S/C38H51N3O2/c1-3-5-6-7-8-9-10-11-12-13-14-17-27-43-36-24-22-32(23-25-36)31-41(38(42)4-2)34-21-18-19-33(28-34)29-37-39-30-35-20-15-16-26-40(35)37/h15-16,18-26,28,30H,3-14,17,27,29,31H2,1-2H3. The quantitative estimate of drug-likeness (QED) is 0.0976. The Balaban J connectivity index is 1.21. The highest BCUT2D eigenvalue weighted by molar-refractivity contribution is 5.93. The number of fused-ring (bicyclic) bond motifs is 1. The van der Waals surface area contributed by atoms with Crippen molar-refractivity contribution in [2.24, 2.45) is 0 Å². The number of pyridine rings is 1. The molecule has 0 aliphatic carbocycles. The van der Waals surface area contributed by atoms with E-state index in [0.717, 1.165) is 46.9 Å². The molecule has 0 saturated carbocycles. The van der Waals surface area contributed by atoms with Crippen LogP contribution in [0.4, 0.5) is 5.69 Å². The minimum Gasteiger partial charge on any atom is -0.494 e. The minimum atomic E-state index is 0.107. The van der Waals surface area contributed by atoms with E-state index in [-0.39, 0.29) is 5.91 Å². The monoisotopic (exact) mass is 581 g/mol. The molecular weight excluding hydrogens is 530 g/mol. The zero-order chi connectivity index (χ0) is 30.1. The number of hydrogen-bond donors (Lipinski definition) is 0. The second-order valence-corrected chi connectivity index (χ2v) is 11.7. The normalized spacial score (nSPS) is 11.2. The summed E-state index contributed by atoms with van der Waals surface area (Å²) in [4.78, 5) is 19.5. The number of unbranched alkanes of at least 4 members (excludes halogenated alkanes) is 11. The Kier molecular flexibility index (Phi) is 13.6. The molecule has 5 heteroatoms. The lowest BCUT2D eigenvalue weighted by atomic mass is 10.1. The zero-order valence-corrected chi connectivity index (χ0v) is 26.5. The molecule has 0 radical (unpaired) electrons. The van der Waals surface area contributed by atoms with E-state index in [9.17, 15) is 4.79 Å². The zero-order valence-electron chi connectivity index (χ0n) is 26.5. The third-order valence-electron chi connectivity index (χ3n) is 8.23. The van der Waals surface area contributed by atoms with Gasteiger partial charge in [-0.25, -0.2) is 4.98 Å². The molecule has 0 bridgehead atoms. The molecule has 0 unspecified atom stereocenters. The van der Waals surface area contributed by atoms with Crippen LogP contribution >= 0.6 is 0 Å². The topological polar surface area (TPSA) is 46.8 Å². The first-order valence-corrected chi connectivity index (χ1v) is 16.7. The van der Waals surface area contributed by atoms with Crippen LogP contribution < -0.4 is 9.64 Å². The molecule has 0 aliphatic heterocycles. The van der Waals surface area contributed by atoms with Crippen LogP contribution in [0.25, 0.3) is 5.52 Å². The maximum atomic E-state index is 13.0. The van der Waals surface area contributed by atoms with Gasteiger partial charge in [0.1, 0.15) is 11.6 Å². The van der Waals surface area contributed by atoms with Crippen LogP contribution in [0.5, 0.6) is 5.75 Å². The molecule has 0 fully saturated rings. The first-order valence-electron chi connectivity index (χ1n) is 16.7. The SMILES string of the molecule is CCCCCCCCCCCCCCOc1ccc(CN(C(=O)CC)c2cccc(Cc3ncc4ccccn34)c2)cc1. The second-order valence-electron chi connectivity index (χ2n) is 11.7. The first-order chi connectivity index (χ1) is 21.2. The van der Waals surface area contributed by atoms with Gasteiger partial charge < -0.3 is 14.0 Å². The van der Waals surface area contributed by atoms with Crippen LogP contribution in [0.1, 0.15) is 114 Å². The number of nitrogens with zero attached hydrogens (tertiary/aromatic N) is 3. The van der Waals surface area contributed by atoms with Gasteiger partial charge in [0.2, 0.25) is 5.91 Å². The molecule has 2 aromatic heterocycles. The molecule has 230 valence electrons. The van der Waals surface area contributed by atoms with Gasteiger partial charge in [-0.3, -0.25) is 4.79 Å². The maximum absolute atomic E-state index is 13.0. The molecule has 43 heavy (non-hydrogen) atoms. The lowest BCUT2D eigenvalue weighted by Gasteiger charge is -2.23. The molecule has 4 aromatic rings. The van der Waals surface area contributed by atoms with Gasteiger partial charge in [-0.15, -0.1) is 0 Å². The Morgan fingerprint density at radius 3 is 2.16 bits per heavy atom. The van der Waals surface area contributed by atoms with Gasteiger partial charge in [0.15, 0.2) is 0 Å². The average molecular weight is 582 g/mol. The Labute approximate surface area is 259 Å². The smallest absolute Gasteiger partial charge is 0.227 e. The van der Waals surface area contributed by atoms with Crippen molar-refractivity contribution in [3.63, 3.8) is 0 Å². The van der Waals surface area contributed by atoms with E-state index in [4.69, 9.17) is 4.74 Å². The van der Waals surface area contributed by atoms with E-state index in [2.05, 4.69) is 46.6 Å². The second kappa shape index (κ2) is 18.1. The third kappa shape index (κ3) is 10.6. The van der Waals surface area contributed by atoms with E-state index < -0.39 is 0 Å². The van der Waals surface area contributed by atoms with Gasteiger partial charge in [0, 0.05) is 24.7 Å². The van der Waals surface area contributed by atoms with Crippen LogP contribution in [0.3, 0.4) is 0 Å². The van der Waals surface area contributed by atoms with E-state index in [1.807, 2.05) is 60.6 Å². The summed E-state index contributed by atoms with van der Waals surface area (Å²) in [5, 5.41) is 0. The van der Waals surface area contributed by atoms with Crippen molar-refractivity contribution < 1.29 is 9.53 Å². The number of carbonyl (C=O) groups is 1. The molecule has 0 saturated heterocycles. The Bertz CT molecular complexity index is 1360. The molecule has 4 rings (SSSR count). The lowest BCUT2D eigenvalue weighted by Crippen LogP contribution is -2.29. The number of hydrogen-bond acceptors (Lipinski definition) is 3. The molecule has 1 amide bonds. The van der Waals surface area contributed by atoms with Gasteiger partial charge in [-0.05, 0) is 53.9 Å². The fourth-order valence-electron chi connectivity index (χ4n) is 5.67. The van der Waals surface area contributed by atoms with Gasteiger partial charge in [0.05, 0.1) is 24.9 Å². The molecule has 5 nitrogen and oxygen atoms in total. The number of benzene rings is 2. The fraction of sp³-hybridized carbons (Fsp3) is 0.474. The molecule has 0 N–H and O–H groups in total. The largest absolute Gasteiger partial charge is 0.494 e. The van der Waals surface area contributed by atoms with Crippen molar-refractivity contribution in [2.75, 3.05) is 11.5 Å². The number of carbonyl (C=O) groups excluding carboxylic acids is 1. The number of rotatable bonds is 20. The highest BCUT2D eigenvalue weighted by Gasteiger charge is 2.16. The summed E-state index contributed by atoms with van der Waals surface area (Å²) in [7, 11) is 0. The number of aromatic nitrogens is 2. The molecule has 0 aliphatic rings. The summed E-state index contributed by atoms with van der Waals surface area (Å²) in [5.74, 6) is 1.99. The highest BCUT2D eigenvalue weighted by Crippen LogP contribution is 2.23. The van der Waals surface area contributed by atoms with E-state index >= 15 is 0 Å². The van der Waals surface area contributed by atoms with Gasteiger partial charge in [0.25, 0.3) is 0 Å². The maximum Gasteiger partial charge on any atom is 0.227 e. The van der Waals surface area contributed by atoms with Gasteiger partial charge in [-0.1, -0.05) is 115 Å². The summed E-state index contributed by atoms with van der Waals surface area (Å²) in [6.45, 7) is 5.49. The number of imidazole rings is 1. The predicted molar refractivity (Wildman–Crippen MR) is 179 cm³/mol. The number of amides is 1. The van der Waals surface area contributed by atoms with Crippen molar-refractivity contribution in [2.45, 2.75) is 110 Å². The molecular formula is C38H51N3O2. The van der Waals surface area contributed by atoms with E-state index in [0.29, 0.717) is 19.4 Å². The van der Waals surface area contributed by atoms with Gasteiger partial charge >= 0.3 is 0 Å². The van der Waals surface area contributed by atoms with Gasteiger partial charge in [-0.2, -0.15) is 0 Å². The van der Waals surface area contributed by atoms with Crippen LogP contribution in [0.15, 0.2) is 79.1 Å². The highest BCUT2D eigenvalue weighted by atomic mass is 16.5. The summed E-state index contributed by atoms with van der Waals surface area (Å²) in [6.07, 6.45) is 21.2. The number of anilines is 1. The van der Waals surface area contributed by atoms with Crippen LogP contribution in [-0.2, 0) is 17.8 Å². The third-order valence-corrected chi connectivity index (χ3v) is 8.23. The van der Waals surface area contributed by atoms with Crippen LogP contribution in [-0.4, -0.2) is 21.9 Å². The van der Waals surface area contributed by atoms with E-state index in [1.54, 1.807) is 0 Å². The fourth-order valence-corrected chi connectivity index (χ4v) is 5.67. The van der Waals surface area contributed by atoms with Crippen molar-refractivity contribution in [3.8, 4) is 5.75 Å². The van der Waals surface area contributed by atoms with Crippen LogP contribution in [0.2, 0.25) is 0 Å². The first kappa shape index (κ1) is 32.3. The summed E-state index contributed by atoms with van der Waals surface area (Å²) < 4.78 is 8.13. The van der Waals surface area contributed by atoms with Crippen molar-refractivity contribution in [1.82, 2.24) is 9.38 Å².